The molecule has 2 saturated heterocycles. The molecule has 2 rings (SSSR count). The van der Waals surface area contributed by atoms with Gasteiger partial charge in [0.1, 0.15) is 6.04 Å². The minimum Gasteiger partial charge on any atom is -0.371 e. The van der Waals surface area contributed by atoms with E-state index in [1.165, 1.54) is 0 Å². The fourth-order valence-electron chi connectivity index (χ4n) is 2.97. The van der Waals surface area contributed by atoms with Gasteiger partial charge in [0.15, 0.2) is 0 Å². The summed E-state index contributed by atoms with van der Waals surface area (Å²) >= 11 is 0. The molecule has 5 heteroatoms. The molecule has 108 valence electrons. The third kappa shape index (κ3) is 3.08. The standard InChI is InChI=1S/C14H24N2O3/c1-9(2)12-13(18)15-7-11(17)16(12)8-10-5-6-14(3,4)19-10/h9-10,12H,5-8H2,1-4H3,(H,15,18). The number of carbonyl (C=O) groups excluding carboxylic acids is 2. The van der Waals surface area contributed by atoms with Gasteiger partial charge in [-0.3, -0.25) is 9.59 Å². The van der Waals surface area contributed by atoms with E-state index in [9.17, 15) is 9.59 Å². The monoisotopic (exact) mass is 268 g/mol. The molecule has 0 aliphatic carbocycles. The molecule has 0 aromatic rings. The van der Waals surface area contributed by atoms with Crippen molar-refractivity contribution in [2.45, 2.75) is 58.3 Å². The second-order valence-corrected chi connectivity index (χ2v) is 6.49. The summed E-state index contributed by atoms with van der Waals surface area (Å²) in [6.45, 7) is 8.70. The molecule has 0 bridgehead atoms. The average Bonchev–Trinajstić information content (AvgIpc) is 2.63. The fraction of sp³-hybridized carbons (Fsp3) is 0.857. The predicted molar refractivity (Wildman–Crippen MR) is 71.5 cm³/mol. The van der Waals surface area contributed by atoms with E-state index in [0.717, 1.165) is 12.8 Å². The Morgan fingerprint density at radius 3 is 2.63 bits per heavy atom. The van der Waals surface area contributed by atoms with E-state index in [2.05, 4.69) is 19.2 Å². The van der Waals surface area contributed by atoms with Crippen molar-refractivity contribution in [1.82, 2.24) is 10.2 Å². The van der Waals surface area contributed by atoms with Crippen molar-refractivity contribution in [1.29, 1.82) is 0 Å². The van der Waals surface area contributed by atoms with E-state index >= 15 is 0 Å². The summed E-state index contributed by atoms with van der Waals surface area (Å²) in [4.78, 5) is 25.7. The number of nitrogens with one attached hydrogen (secondary N) is 1. The van der Waals surface area contributed by atoms with Crippen LogP contribution in [-0.4, -0.2) is 47.6 Å². The molecule has 0 spiro atoms. The first kappa shape index (κ1) is 14.3. The van der Waals surface area contributed by atoms with Gasteiger partial charge in [-0.15, -0.1) is 0 Å². The molecule has 2 aliphatic heterocycles. The first-order valence-electron chi connectivity index (χ1n) is 7.05. The van der Waals surface area contributed by atoms with Gasteiger partial charge < -0.3 is 15.0 Å². The highest BCUT2D eigenvalue weighted by Crippen LogP contribution is 2.30. The quantitative estimate of drug-likeness (QED) is 0.828. The first-order chi connectivity index (χ1) is 8.80. The van der Waals surface area contributed by atoms with Gasteiger partial charge >= 0.3 is 0 Å². The van der Waals surface area contributed by atoms with Crippen molar-refractivity contribution in [2.24, 2.45) is 5.92 Å². The highest BCUT2D eigenvalue weighted by atomic mass is 16.5. The van der Waals surface area contributed by atoms with Crippen molar-refractivity contribution < 1.29 is 14.3 Å². The lowest BCUT2D eigenvalue weighted by Crippen LogP contribution is -2.61. The van der Waals surface area contributed by atoms with Gasteiger partial charge in [0.25, 0.3) is 0 Å². The Kier molecular flexibility index (Phi) is 3.85. The van der Waals surface area contributed by atoms with Crippen LogP contribution in [0.3, 0.4) is 0 Å². The fourth-order valence-corrected chi connectivity index (χ4v) is 2.97. The summed E-state index contributed by atoms with van der Waals surface area (Å²) in [5.41, 5.74) is -0.112. The molecule has 19 heavy (non-hydrogen) atoms. The van der Waals surface area contributed by atoms with Crippen LogP contribution in [0, 0.1) is 5.92 Å². The van der Waals surface area contributed by atoms with Crippen LogP contribution in [0.15, 0.2) is 0 Å². The predicted octanol–water partition coefficient (Wildman–Crippen LogP) is 0.927. The second-order valence-electron chi connectivity index (χ2n) is 6.49. The van der Waals surface area contributed by atoms with E-state index in [-0.39, 0.29) is 42.0 Å². The molecular formula is C14H24N2O3. The van der Waals surface area contributed by atoms with Gasteiger partial charge in [0.2, 0.25) is 11.8 Å². The maximum Gasteiger partial charge on any atom is 0.243 e. The zero-order chi connectivity index (χ0) is 14.2. The van der Waals surface area contributed by atoms with E-state index < -0.39 is 0 Å². The van der Waals surface area contributed by atoms with Crippen molar-refractivity contribution in [2.75, 3.05) is 13.1 Å². The van der Waals surface area contributed by atoms with Crippen LogP contribution in [0.5, 0.6) is 0 Å². The highest BCUT2D eigenvalue weighted by molar-refractivity contribution is 5.95. The molecule has 2 aliphatic rings. The van der Waals surface area contributed by atoms with Crippen LogP contribution >= 0.6 is 0 Å². The van der Waals surface area contributed by atoms with Gasteiger partial charge in [0.05, 0.1) is 18.2 Å². The number of piperazine rings is 1. The van der Waals surface area contributed by atoms with E-state index in [1.807, 2.05) is 13.8 Å². The zero-order valence-corrected chi connectivity index (χ0v) is 12.2. The van der Waals surface area contributed by atoms with Gasteiger partial charge in [-0.05, 0) is 32.6 Å². The summed E-state index contributed by atoms with van der Waals surface area (Å²) < 4.78 is 5.94. The third-order valence-corrected chi connectivity index (χ3v) is 3.92. The van der Waals surface area contributed by atoms with Crippen LogP contribution in [0.1, 0.15) is 40.5 Å². The van der Waals surface area contributed by atoms with E-state index in [4.69, 9.17) is 4.74 Å². The summed E-state index contributed by atoms with van der Waals surface area (Å²) in [5.74, 6) is 0.0529. The van der Waals surface area contributed by atoms with Crippen LogP contribution in [0.25, 0.3) is 0 Å². The van der Waals surface area contributed by atoms with Crippen LogP contribution in [0.2, 0.25) is 0 Å². The Bertz CT molecular complexity index is 379. The molecule has 2 unspecified atom stereocenters. The van der Waals surface area contributed by atoms with Crippen molar-refractivity contribution in [3.05, 3.63) is 0 Å². The number of hydrogen-bond acceptors (Lipinski definition) is 3. The van der Waals surface area contributed by atoms with Crippen molar-refractivity contribution in [3.63, 3.8) is 0 Å². The maximum absolute atomic E-state index is 12.1. The van der Waals surface area contributed by atoms with Gasteiger partial charge in [-0.1, -0.05) is 13.8 Å². The summed E-state index contributed by atoms with van der Waals surface area (Å²) in [7, 11) is 0. The summed E-state index contributed by atoms with van der Waals surface area (Å²) in [6.07, 6.45) is 1.99. The molecule has 2 amide bonds. The molecule has 2 atom stereocenters. The molecule has 0 saturated carbocycles. The minimum atomic E-state index is -0.367. The van der Waals surface area contributed by atoms with Crippen molar-refractivity contribution >= 4 is 11.8 Å². The van der Waals surface area contributed by atoms with Crippen molar-refractivity contribution in [3.8, 4) is 0 Å². The Labute approximate surface area is 114 Å². The second kappa shape index (κ2) is 5.12. The topological polar surface area (TPSA) is 58.6 Å². The third-order valence-electron chi connectivity index (χ3n) is 3.92. The molecule has 5 nitrogen and oxygen atoms in total. The molecule has 0 aromatic carbocycles. The Morgan fingerprint density at radius 1 is 1.42 bits per heavy atom. The maximum atomic E-state index is 12.1. The number of rotatable bonds is 3. The lowest BCUT2D eigenvalue weighted by molar-refractivity contribution is -0.150. The molecule has 0 aromatic heterocycles. The number of ether oxygens (including phenoxy) is 1. The number of amides is 2. The molecular weight excluding hydrogens is 244 g/mol. The average molecular weight is 268 g/mol. The van der Waals surface area contributed by atoms with E-state index in [0.29, 0.717) is 6.54 Å². The lowest BCUT2D eigenvalue weighted by atomic mass is 9.98. The van der Waals surface area contributed by atoms with Crippen LogP contribution in [-0.2, 0) is 14.3 Å². The van der Waals surface area contributed by atoms with Gasteiger partial charge in [-0.25, -0.2) is 0 Å². The van der Waals surface area contributed by atoms with Gasteiger partial charge in [0, 0.05) is 6.54 Å². The smallest absolute Gasteiger partial charge is 0.243 e. The normalized spacial score (nSPS) is 30.9. The molecule has 0 radical (unpaired) electrons. The number of nitrogens with zero attached hydrogens (tertiary/aromatic N) is 1. The summed E-state index contributed by atoms with van der Waals surface area (Å²) in [5, 5.41) is 2.66. The number of carbonyl (C=O) groups is 2. The Balaban J connectivity index is 2.07. The van der Waals surface area contributed by atoms with Gasteiger partial charge in [-0.2, -0.15) is 0 Å². The van der Waals surface area contributed by atoms with E-state index in [1.54, 1.807) is 4.90 Å². The zero-order valence-electron chi connectivity index (χ0n) is 12.2. The molecule has 2 fully saturated rings. The first-order valence-corrected chi connectivity index (χ1v) is 7.05. The Morgan fingerprint density at radius 2 is 2.11 bits per heavy atom. The Hall–Kier alpha value is -1.10. The highest BCUT2D eigenvalue weighted by Gasteiger charge is 2.40. The summed E-state index contributed by atoms with van der Waals surface area (Å²) in [6, 6.07) is -0.367. The van der Waals surface area contributed by atoms with Crippen LogP contribution < -0.4 is 5.32 Å². The number of hydrogen-bond donors (Lipinski definition) is 1. The lowest BCUT2D eigenvalue weighted by Gasteiger charge is -2.38. The molecule has 2 heterocycles. The minimum absolute atomic E-state index is 0.00777. The SMILES string of the molecule is CC(C)C1C(=O)NCC(=O)N1CC1CCC(C)(C)O1. The van der Waals surface area contributed by atoms with Crippen LogP contribution in [0.4, 0.5) is 0 Å². The molecule has 1 N–H and O–H groups in total. The largest absolute Gasteiger partial charge is 0.371 e.